The SMILES string of the molecule is Nc1nc(C(=NO)C(=O)N[C@@H]2C(=O)N3C(C(=O)O)=C(/C=C/Sc4cc[n+](Cc5ccc(C(=O)O)cc5)cc4)CS[C@H]23)cs1. The van der Waals surface area contributed by atoms with E-state index in [-0.39, 0.29) is 22.1 Å². The van der Waals surface area contributed by atoms with Crippen molar-refractivity contribution >= 4 is 69.5 Å². The second kappa shape index (κ2) is 12.7. The van der Waals surface area contributed by atoms with Crippen LogP contribution >= 0.6 is 34.9 Å². The van der Waals surface area contributed by atoms with Gasteiger partial charge in [-0.25, -0.2) is 19.1 Å². The number of pyridine rings is 1. The molecule has 220 valence electrons. The first-order chi connectivity index (χ1) is 20.7. The summed E-state index contributed by atoms with van der Waals surface area (Å²) in [7, 11) is 0. The van der Waals surface area contributed by atoms with Crippen molar-refractivity contribution in [2.45, 2.75) is 22.9 Å². The van der Waals surface area contributed by atoms with Crippen LogP contribution in [0.3, 0.4) is 0 Å². The predicted octanol–water partition coefficient (Wildman–Crippen LogP) is 1.98. The number of allylic oxidation sites excluding steroid dienone is 1. The third kappa shape index (κ3) is 6.40. The minimum Gasteiger partial charge on any atom is -0.478 e. The van der Waals surface area contributed by atoms with Gasteiger partial charge in [0.25, 0.3) is 11.8 Å². The van der Waals surface area contributed by atoms with Gasteiger partial charge in [-0.15, -0.1) is 23.1 Å². The summed E-state index contributed by atoms with van der Waals surface area (Å²) in [5.41, 5.74) is 6.70. The number of carbonyl (C=O) groups is 4. The summed E-state index contributed by atoms with van der Waals surface area (Å²) in [6, 6.07) is 9.44. The van der Waals surface area contributed by atoms with E-state index in [1.54, 1.807) is 35.7 Å². The van der Waals surface area contributed by atoms with Gasteiger partial charge in [-0.1, -0.05) is 29.1 Å². The number of amides is 2. The topological polar surface area (TPSA) is 199 Å². The number of nitrogens with two attached hydrogens (primary N) is 1. The molecule has 2 amide bonds. The standard InChI is InChI=1S/C27H22N6O7S3/c28-27-29-18(13-43-27)19(31-40)22(34)30-20-23(35)33-21(26(38)39)16(12-42-24(20)33)7-10-41-17-5-8-32(9-6-17)11-14-1-3-15(4-2-14)25(36)37/h1-10,13,20,24H,11-12H2,(H5-,28,29,30,34,36,37,38,39,40)/p+1/b10-7+/t20-,24-/m1/s1. The first-order valence-electron chi connectivity index (χ1n) is 12.5. The number of carboxylic acids is 2. The van der Waals surface area contributed by atoms with Crippen molar-refractivity contribution in [3.05, 3.63) is 93.7 Å². The molecule has 6 N–H and O–H groups in total. The lowest BCUT2D eigenvalue weighted by atomic mass is 10.0. The van der Waals surface area contributed by atoms with Gasteiger partial charge >= 0.3 is 11.9 Å². The van der Waals surface area contributed by atoms with Crippen LogP contribution in [0.15, 0.2) is 87.0 Å². The maximum absolute atomic E-state index is 13.0. The summed E-state index contributed by atoms with van der Waals surface area (Å²) in [5, 5.41) is 36.5. The monoisotopic (exact) mass is 639 g/mol. The summed E-state index contributed by atoms with van der Waals surface area (Å²) >= 11 is 3.73. The fraction of sp³-hybridized carbons (Fsp3) is 0.148. The van der Waals surface area contributed by atoms with Crippen LogP contribution in [0.4, 0.5) is 5.13 Å². The Morgan fingerprint density at radius 1 is 1.16 bits per heavy atom. The van der Waals surface area contributed by atoms with Crippen molar-refractivity contribution < 1.29 is 39.2 Å². The van der Waals surface area contributed by atoms with Crippen molar-refractivity contribution in [3.63, 3.8) is 0 Å². The highest BCUT2D eigenvalue weighted by Gasteiger charge is 2.54. The molecule has 0 aliphatic carbocycles. The number of nitrogen functional groups attached to an aromatic ring is 1. The lowest BCUT2D eigenvalue weighted by Crippen LogP contribution is -2.71. The van der Waals surface area contributed by atoms with E-state index in [0.29, 0.717) is 17.9 Å². The molecule has 4 heterocycles. The smallest absolute Gasteiger partial charge is 0.352 e. The third-order valence-electron chi connectivity index (χ3n) is 6.47. The highest BCUT2D eigenvalue weighted by Crippen LogP contribution is 2.41. The largest absolute Gasteiger partial charge is 0.478 e. The summed E-state index contributed by atoms with van der Waals surface area (Å²) in [6.45, 7) is 0.562. The van der Waals surface area contributed by atoms with E-state index in [0.717, 1.165) is 26.7 Å². The molecule has 0 unspecified atom stereocenters. The molecule has 0 spiro atoms. The number of hydrogen-bond acceptors (Lipinski definition) is 11. The van der Waals surface area contributed by atoms with Gasteiger partial charge in [0, 0.05) is 33.7 Å². The molecule has 0 radical (unpaired) electrons. The maximum Gasteiger partial charge on any atom is 0.352 e. The zero-order valence-corrected chi connectivity index (χ0v) is 24.4. The average molecular weight is 640 g/mol. The van der Waals surface area contributed by atoms with Crippen LogP contribution in [0.2, 0.25) is 0 Å². The molecular formula is C27H23N6O7S3+. The number of hydrogen-bond donors (Lipinski definition) is 5. The number of thioether (sulfide) groups is 2. The van der Waals surface area contributed by atoms with Crippen LogP contribution in [0.1, 0.15) is 21.6 Å². The van der Waals surface area contributed by atoms with E-state index >= 15 is 0 Å². The van der Waals surface area contributed by atoms with Crippen LogP contribution in [0, 0.1) is 0 Å². The molecule has 13 nitrogen and oxygen atoms in total. The van der Waals surface area contributed by atoms with Gasteiger partial charge in [0.2, 0.25) is 0 Å². The van der Waals surface area contributed by atoms with E-state index in [4.69, 9.17) is 10.8 Å². The Balaban J connectivity index is 1.21. The molecule has 5 rings (SSSR count). The number of aliphatic carboxylic acids is 1. The van der Waals surface area contributed by atoms with Crippen molar-refractivity contribution in [1.29, 1.82) is 0 Å². The second-order valence-corrected chi connectivity index (χ2v) is 12.2. The van der Waals surface area contributed by atoms with Crippen LogP contribution in [-0.4, -0.2) is 71.9 Å². The minimum atomic E-state index is -1.26. The average Bonchev–Trinajstić information content (AvgIpc) is 3.42. The Morgan fingerprint density at radius 2 is 1.88 bits per heavy atom. The third-order valence-corrected chi connectivity index (χ3v) is 9.26. The van der Waals surface area contributed by atoms with E-state index in [1.807, 2.05) is 29.1 Å². The molecule has 0 saturated carbocycles. The first kappa shape index (κ1) is 29.8. The Kier molecular flexibility index (Phi) is 8.79. The van der Waals surface area contributed by atoms with E-state index in [2.05, 4.69) is 15.5 Å². The fourth-order valence-electron chi connectivity index (χ4n) is 4.38. The maximum atomic E-state index is 13.0. The summed E-state index contributed by atoms with van der Waals surface area (Å²) in [5.74, 6) is -3.38. The molecule has 16 heteroatoms. The Hall–Kier alpha value is -4.67. The van der Waals surface area contributed by atoms with Crippen molar-refractivity contribution in [2.75, 3.05) is 11.5 Å². The van der Waals surface area contributed by atoms with Crippen molar-refractivity contribution in [3.8, 4) is 0 Å². The number of anilines is 1. The van der Waals surface area contributed by atoms with Gasteiger partial charge in [0.05, 0.1) is 5.56 Å². The van der Waals surface area contributed by atoms with Gasteiger partial charge in [-0.05, 0) is 29.2 Å². The van der Waals surface area contributed by atoms with E-state index < -0.39 is 40.9 Å². The van der Waals surface area contributed by atoms with Gasteiger partial charge in [-0.2, -0.15) is 0 Å². The number of β-lactam (4-membered cyclic amide) rings is 1. The van der Waals surface area contributed by atoms with Crippen molar-refractivity contribution in [2.24, 2.45) is 5.16 Å². The fourth-order valence-corrected chi connectivity index (χ4v) is 6.91. The number of aromatic nitrogens is 2. The molecule has 0 bridgehead atoms. The molecule has 2 atom stereocenters. The van der Waals surface area contributed by atoms with Crippen LogP contribution in [0.5, 0.6) is 0 Å². The number of nitrogens with zero attached hydrogens (tertiary/aromatic N) is 4. The molecule has 1 saturated heterocycles. The first-order valence-corrected chi connectivity index (χ1v) is 15.3. The Labute approximate surface area is 256 Å². The highest BCUT2D eigenvalue weighted by molar-refractivity contribution is 8.02. The van der Waals surface area contributed by atoms with Crippen LogP contribution < -0.4 is 15.6 Å². The van der Waals surface area contributed by atoms with Crippen molar-refractivity contribution in [1.82, 2.24) is 15.2 Å². The van der Waals surface area contributed by atoms with Crippen LogP contribution in [-0.2, 0) is 20.9 Å². The molecule has 43 heavy (non-hydrogen) atoms. The quantitative estimate of drug-likeness (QED) is 0.0543. The number of benzene rings is 1. The number of thiazole rings is 1. The normalized spacial score (nSPS) is 18.4. The van der Waals surface area contributed by atoms with Gasteiger partial charge in [0.1, 0.15) is 22.8 Å². The van der Waals surface area contributed by atoms with E-state index in [9.17, 15) is 29.5 Å². The number of carboxylic acid groups (broad SMARTS) is 2. The molecule has 2 aliphatic rings. The molecule has 3 aromatic rings. The predicted molar refractivity (Wildman–Crippen MR) is 159 cm³/mol. The zero-order chi connectivity index (χ0) is 30.7. The van der Waals surface area contributed by atoms with Gasteiger partial charge < -0.3 is 26.5 Å². The molecule has 2 aliphatic heterocycles. The highest BCUT2D eigenvalue weighted by atomic mass is 32.2. The number of aromatic carboxylic acids is 1. The molecular weight excluding hydrogens is 617 g/mol. The molecule has 1 aromatic carbocycles. The lowest BCUT2D eigenvalue weighted by Gasteiger charge is -2.49. The van der Waals surface area contributed by atoms with Gasteiger partial charge in [0.15, 0.2) is 29.8 Å². The lowest BCUT2D eigenvalue weighted by molar-refractivity contribution is -0.688. The number of oxime groups is 1. The second-order valence-electron chi connectivity index (χ2n) is 9.19. The number of fused-ring (bicyclic) bond motifs is 1. The number of carbonyl (C=O) groups excluding carboxylic acids is 2. The Morgan fingerprint density at radius 3 is 2.49 bits per heavy atom. The van der Waals surface area contributed by atoms with Crippen LogP contribution in [0.25, 0.3) is 0 Å². The summed E-state index contributed by atoms with van der Waals surface area (Å²) < 4.78 is 1.94. The Bertz CT molecular complexity index is 1690. The summed E-state index contributed by atoms with van der Waals surface area (Å²) in [6.07, 6.45) is 5.42. The molecule has 2 aromatic heterocycles. The molecule has 1 fully saturated rings. The van der Waals surface area contributed by atoms with Gasteiger partial charge in [-0.3, -0.25) is 14.5 Å². The minimum absolute atomic E-state index is 0.0546. The van der Waals surface area contributed by atoms with E-state index in [1.165, 1.54) is 28.9 Å². The number of nitrogens with one attached hydrogen (secondary N) is 1. The zero-order valence-electron chi connectivity index (χ0n) is 22.0. The summed E-state index contributed by atoms with van der Waals surface area (Å²) in [4.78, 5) is 54.8. The number of rotatable bonds is 10.